The lowest BCUT2D eigenvalue weighted by Gasteiger charge is -2.38. The van der Waals surface area contributed by atoms with Gasteiger partial charge in [0.2, 0.25) is 11.8 Å². The first kappa shape index (κ1) is 25.1. The highest BCUT2D eigenvalue weighted by Gasteiger charge is 2.51. The van der Waals surface area contributed by atoms with E-state index in [1.54, 1.807) is 49.1 Å². The smallest absolute Gasteiger partial charge is 0.232 e. The number of aromatic hydroxyl groups is 1. The van der Waals surface area contributed by atoms with Crippen molar-refractivity contribution in [3.63, 3.8) is 0 Å². The number of carbonyl (C=O) groups is 2. The maximum Gasteiger partial charge on any atom is 0.232 e. The van der Waals surface area contributed by atoms with Crippen LogP contribution in [0.25, 0.3) is 0 Å². The molecule has 178 valence electrons. The van der Waals surface area contributed by atoms with Crippen molar-refractivity contribution in [2.45, 2.75) is 35.7 Å². The average Bonchev–Trinajstić information content (AvgIpc) is 2.79. The van der Waals surface area contributed by atoms with Gasteiger partial charge in [-0.3, -0.25) is 9.59 Å². The molecule has 1 atom stereocenters. The number of benzene rings is 2. The van der Waals surface area contributed by atoms with Crippen LogP contribution in [0.1, 0.15) is 25.7 Å². The molecule has 0 saturated carbocycles. The van der Waals surface area contributed by atoms with Crippen LogP contribution in [0, 0.1) is 0 Å². The second kappa shape index (κ2) is 11.1. The van der Waals surface area contributed by atoms with Gasteiger partial charge in [0.05, 0.1) is 12.3 Å². The number of phenols is 1. The highest BCUT2D eigenvalue weighted by atomic mass is 32.7. The Kier molecular flexibility index (Phi) is 8.46. The van der Waals surface area contributed by atoms with Gasteiger partial charge in [-0.25, -0.2) is 0 Å². The standard InChI is InChI=1S/C23H29N2O6PS/c1-32(29,23(22(24)28)12-15-30-16-13-23)33-18-10-8-17(9-11-18)31-14-4-7-21(27)25-19-5-2-3-6-20(19)26/h2-3,5-6,8-11,26H,4,7,12-16H2,1H3,(H2,24,28)(H,25,27). The molecular formula is C23H29N2O6PS. The van der Waals surface area contributed by atoms with Crippen LogP contribution in [0.5, 0.6) is 11.5 Å². The van der Waals surface area contributed by atoms with Crippen molar-refractivity contribution in [2.75, 3.05) is 31.8 Å². The summed E-state index contributed by atoms with van der Waals surface area (Å²) in [6, 6.07) is 13.7. The molecule has 4 N–H and O–H groups in total. The summed E-state index contributed by atoms with van der Waals surface area (Å²) in [7, 11) is 0. The van der Waals surface area contributed by atoms with Crippen molar-refractivity contribution in [3.8, 4) is 11.5 Å². The van der Waals surface area contributed by atoms with E-state index in [0.717, 1.165) is 4.90 Å². The predicted molar refractivity (Wildman–Crippen MR) is 129 cm³/mol. The Hall–Kier alpha value is -2.48. The van der Waals surface area contributed by atoms with Crippen LogP contribution in [0.2, 0.25) is 0 Å². The number of ether oxygens (including phenoxy) is 2. The maximum absolute atomic E-state index is 13.5. The molecule has 1 aliphatic rings. The highest BCUT2D eigenvalue weighted by molar-refractivity contribution is 8.58. The van der Waals surface area contributed by atoms with E-state index in [0.29, 0.717) is 50.5 Å². The Balaban J connectivity index is 1.48. The van der Waals surface area contributed by atoms with E-state index in [1.807, 2.05) is 0 Å². The summed E-state index contributed by atoms with van der Waals surface area (Å²) in [5.74, 6) is -0.0880. The molecule has 0 bridgehead atoms. The van der Waals surface area contributed by atoms with E-state index in [1.165, 1.54) is 17.4 Å². The quantitative estimate of drug-likeness (QED) is 0.257. The molecule has 2 aromatic carbocycles. The number of amides is 2. The zero-order valence-corrected chi connectivity index (χ0v) is 20.2. The summed E-state index contributed by atoms with van der Waals surface area (Å²) in [6.07, 6.45) is -1.52. The molecule has 1 aliphatic heterocycles. The summed E-state index contributed by atoms with van der Waals surface area (Å²) in [5.41, 5.74) is 6.04. The van der Waals surface area contributed by atoms with Crippen LogP contribution in [-0.4, -0.2) is 48.6 Å². The molecule has 3 rings (SSSR count). The van der Waals surface area contributed by atoms with Gasteiger partial charge >= 0.3 is 0 Å². The van der Waals surface area contributed by atoms with Gasteiger partial charge in [0, 0.05) is 24.5 Å². The number of para-hydroxylation sites is 2. The molecule has 8 nitrogen and oxygen atoms in total. The third-order valence-electron chi connectivity index (χ3n) is 5.65. The second-order valence-electron chi connectivity index (χ2n) is 7.93. The number of rotatable bonds is 10. The number of nitrogens with two attached hydrogens (primary N) is 1. The van der Waals surface area contributed by atoms with Gasteiger partial charge < -0.3 is 30.2 Å². The largest absolute Gasteiger partial charge is 0.506 e. The summed E-state index contributed by atoms with van der Waals surface area (Å²) >= 11 is 1.19. The fraction of sp³-hybridized carbons (Fsp3) is 0.391. The molecule has 0 radical (unpaired) electrons. The Morgan fingerprint density at radius 3 is 2.48 bits per heavy atom. The normalized spacial score (nSPS) is 17.0. The Bertz CT molecular complexity index is 1020. The van der Waals surface area contributed by atoms with Crippen molar-refractivity contribution in [1.29, 1.82) is 0 Å². The minimum atomic E-state index is -3.00. The number of hydrogen-bond donors (Lipinski definition) is 3. The molecule has 1 saturated heterocycles. The monoisotopic (exact) mass is 492 g/mol. The lowest BCUT2D eigenvalue weighted by atomic mass is 9.98. The molecule has 0 aromatic heterocycles. The number of phenolic OH excluding ortho intramolecular Hbond substituents is 1. The van der Waals surface area contributed by atoms with Crippen LogP contribution in [0.4, 0.5) is 5.69 Å². The van der Waals surface area contributed by atoms with Gasteiger partial charge in [-0.1, -0.05) is 23.5 Å². The minimum absolute atomic E-state index is 0.0234. The molecule has 0 spiro atoms. The molecule has 2 amide bonds. The topological polar surface area (TPSA) is 128 Å². The van der Waals surface area contributed by atoms with Crippen molar-refractivity contribution in [1.82, 2.24) is 0 Å². The summed E-state index contributed by atoms with van der Waals surface area (Å²) < 4.78 is 24.6. The van der Waals surface area contributed by atoms with Gasteiger partial charge in [0.1, 0.15) is 16.7 Å². The van der Waals surface area contributed by atoms with Gasteiger partial charge in [0.25, 0.3) is 0 Å². The van der Waals surface area contributed by atoms with Crippen LogP contribution >= 0.6 is 17.7 Å². The van der Waals surface area contributed by atoms with E-state index in [4.69, 9.17) is 15.2 Å². The van der Waals surface area contributed by atoms with Crippen LogP contribution in [0.15, 0.2) is 53.4 Å². The fourth-order valence-electron chi connectivity index (χ4n) is 3.66. The lowest BCUT2D eigenvalue weighted by molar-refractivity contribution is -0.123. The average molecular weight is 493 g/mol. The summed E-state index contributed by atoms with van der Waals surface area (Å²) in [4.78, 5) is 25.0. The number of primary amides is 1. The molecule has 33 heavy (non-hydrogen) atoms. The Morgan fingerprint density at radius 2 is 1.85 bits per heavy atom. The first-order valence-corrected chi connectivity index (χ1v) is 14.3. The van der Waals surface area contributed by atoms with Crippen molar-refractivity contribution >= 4 is 35.2 Å². The maximum atomic E-state index is 13.5. The van der Waals surface area contributed by atoms with E-state index in [-0.39, 0.29) is 18.1 Å². The van der Waals surface area contributed by atoms with Gasteiger partial charge in [-0.2, -0.15) is 0 Å². The van der Waals surface area contributed by atoms with Crippen LogP contribution < -0.4 is 15.8 Å². The lowest BCUT2D eigenvalue weighted by Crippen LogP contribution is -2.47. The Labute approximate surface area is 197 Å². The van der Waals surface area contributed by atoms with E-state index >= 15 is 0 Å². The third kappa shape index (κ3) is 6.31. The first-order valence-electron chi connectivity index (χ1n) is 10.7. The molecule has 10 heteroatoms. The second-order valence-corrected chi connectivity index (χ2v) is 13.8. The first-order chi connectivity index (χ1) is 15.7. The Morgan fingerprint density at radius 1 is 1.18 bits per heavy atom. The van der Waals surface area contributed by atoms with Gasteiger partial charge in [-0.05, 0) is 62.3 Å². The number of anilines is 1. The minimum Gasteiger partial charge on any atom is -0.506 e. The molecule has 1 fully saturated rings. The zero-order chi connectivity index (χ0) is 23.9. The molecule has 0 aliphatic carbocycles. The highest BCUT2D eigenvalue weighted by Crippen LogP contribution is 2.70. The SMILES string of the molecule is CP(=O)(Sc1ccc(OCCCC(=O)Nc2ccccc2O)cc1)C1(C(N)=O)CCOCC1. The van der Waals surface area contributed by atoms with Crippen molar-refractivity contribution in [3.05, 3.63) is 48.5 Å². The fourth-order valence-corrected chi connectivity index (χ4v) is 8.81. The molecule has 1 unspecified atom stereocenters. The van der Waals surface area contributed by atoms with Crippen molar-refractivity contribution < 1.29 is 28.7 Å². The number of nitrogens with one attached hydrogen (secondary N) is 1. The summed E-state index contributed by atoms with van der Waals surface area (Å²) in [5, 5.41) is 11.3. The molecular weight excluding hydrogens is 463 g/mol. The van der Waals surface area contributed by atoms with Crippen LogP contribution in [0.3, 0.4) is 0 Å². The molecule has 1 heterocycles. The summed E-state index contributed by atoms with van der Waals surface area (Å²) in [6.45, 7) is 2.72. The van der Waals surface area contributed by atoms with Crippen LogP contribution in [-0.2, 0) is 18.9 Å². The third-order valence-corrected chi connectivity index (χ3v) is 11.4. The van der Waals surface area contributed by atoms with Gasteiger partial charge in [-0.15, -0.1) is 0 Å². The molecule has 2 aromatic rings. The predicted octanol–water partition coefficient (Wildman–Crippen LogP) is 4.22. The number of carbonyl (C=O) groups excluding carboxylic acids is 2. The van der Waals surface area contributed by atoms with E-state index in [9.17, 15) is 19.3 Å². The van der Waals surface area contributed by atoms with Gasteiger partial charge in [0.15, 0.2) is 6.34 Å². The van der Waals surface area contributed by atoms with Crippen molar-refractivity contribution in [2.24, 2.45) is 5.73 Å². The number of hydrogen-bond acceptors (Lipinski definition) is 7. The zero-order valence-electron chi connectivity index (χ0n) is 18.5. The van der Waals surface area contributed by atoms with E-state index < -0.39 is 17.4 Å². The van der Waals surface area contributed by atoms with E-state index in [2.05, 4.69) is 5.32 Å².